The van der Waals surface area contributed by atoms with Crippen molar-refractivity contribution in [2.75, 3.05) is 0 Å². The monoisotopic (exact) mass is 290 g/mol. The number of rotatable bonds is 3. The van der Waals surface area contributed by atoms with Crippen molar-refractivity contribution in [2.24, 2.45) is 0 Å². The predicted octanol–water partition coefficient (Wildman–Crippen LogP) is 2.47. The zero-order valence-electron chi connectivity index (χ0n) is 12.1. The summed E-state index contributed by atoms with van der Waals surface area (Å²) in [5, 5.41) is 13.4. The number of aromatic nitrogens is 3. The lowest BCUT2D eigenvalue weighted by Gasteiger charge is -2.07. The summed E-state index contributed by atoms with van der Waals surface area (Å²) in [6.07, 6.45) is 3.65. The quantitative estimate of drug-likeness (QED) is 0.805. The van der Waals surface area contributed by atoms with Crippen molar-refractivity contribution in [2.45, 2.75) is 13.5 Å². The number of nitrogens with one attached hydrogen (secondary N) is 1. The van der Waals surface area contributed by atoms with Crippen LogP contribution in [0.1, 0.15) is 16.8 Å². The van der Waals surface area contributed by atoms with Gasteiger partial charge < -0.3 is 4.98 Å². The van der Waals surface area contributed by atoms with E-state index >= 15 is 0 Å². The van der Waals surface area contributed by atoms with Crippen LogP contribution in [0.3, 0.4) is 0 Å². The summed E-state index contributed by atoms with van der Waals surface area (Å²) in [4.78, 5) is 14.5. The van der Waals surface area contributed by atoms with Crippen molar-refractivity contribution in [1.29, 1.82) is 5.26 Å². The summed E-state index contributed by atoms with van der Waals surface area (Å²) < 4.78 is 1.84. The Bertz CT molecular complexity index is 884. The van der Waals surface area contributed by atoms with E-state index in [-0.39, 0.29) is 11.1 Å². The molecule has 0 saturated heterocycles. The highest BCUT2D eigenvalue weighted by Gasteiger charge is 2.10. The predicted molar refractivity (Wildman–Crippen MR) is 83.3 cm³/mol. The van der Waals surface area contributed by atoms with E-state index in [1.807, 2.05) is 53.3 Å². The van der Waals surface area contributed by atoms with Crippen molar-refractivity contribution in [3.8, 4) is 17.2 Å². The van der Waals surface area contributed by atoms with Crippen LogP contribution in [0.5, 0.6) is 0 Å². The maximum absolute atomic E-state index is 11.9. The molecule has 0 spiro atoms. The minimum Gasteiger partial charge on any atom is -0.325 e. The molecule has 1 N–H and O–H groups in total. The fourth-order valence-electron chi connectivity index (χ4n) is 2.40. The molecule has 0 aliphatic heterocycles. The second kappa shape index (κ2) is 5.70. The number of benzene rings is 1. The average Bonchev–Trinajstić information content (AvgIpc) is 3.00. The number of hydrogen-bond acceptors (Lipinski definition) is 3. The van der Waals surface area contributed by atoms with E-state index in [1.54, 1.807) is 13.1 Å². The molecule has 22 heavy (non-hydrogen) atoms. The van der Waals surface area contributed by atoms with Crippen LogP contribution < -0.4 is 5.56 Å². The number of aromatic amines is 1. The number of aryl methyl sites for hydroxylation is 1. The van der Waals surface area contributed by atoms with Gasteiger partial charge in [0, 0.05) is 23.7 Å². The van der Waals surface area contributed by atoms with E-state index < -0.39 is 0 Å². The number of hydrogen-bond donors (Lipinski definition) is 1. The minimum absolute atomic E-state index is 0.144. The third kappa shape index (κ3) is 2.67. The van der Waals surface area contributed by atoms with E-state index in [1.165, 1.54) is 0 Å². The lowest BCUT2D eigenvalue weighted by atomic mass is 10.00. The molecule has 0 aliphatic carbocycles. The van der Waals surface area contributed by atoms with Crippen molar-refractivity contribution >= 4 is 0 Å². The number of nitriles is 1. The maximum Gasteiger partial charge on any atom is 0.266 e. The van der Waals surface area contributed by atoms with Crippen molar-refractivity contribution in [3.63, 3.8) is 0 Å². The Kier molecular flexibility index (Phi) is 3.58. The molecule has 0 amide bonds. The molecule has 0 fully saturated rings. The van der Waals surface area contributed by atoms with Gasteiger partial charge in [-0.1, -0.05) is 24.3 Å². The molecule has 108 valence electrons. The summed E-state index contributed by atoms with van der Waals surface area (Å²) in [5.74, 6) is 0. The van der Waals surface area contributed by atoms with Crippen molar-refractivity contribution < 1.29 is 0 Å². The van der Waals surface area contributed by atoms with Gasteiger partial charge >= 0.3 is 0 Å². The number of nitrogens with zero attached hydrogens (tertiary/aromatic N) is 3. The molecule has 0 atom stereocenters. The van der Waals surface area contributed by atoms with Crippen LogP contribution >= 0.6 is 0 Å². The number of H-pyrrole nitrogens is 1. The number of pyridine rings is 1. The standard InChI is InChI=1S/C17H14N4O/c1-12-9-15(16(10-18)17(22)20-12)14-5-3-13(4-6-14)11-21-8-2-7-19-21/h2-9H,11H2,1H3,(H,20,22). The summed E-state index contributed by atoms with van der Waals surface area (Å²) in [6, 6.07) is 13.5. The highest BCUT2D eigenvalue weighted by molar-refractivity contribution is 5.70. The van der Waals surface area contributed by atoms with Crippen LogP contribution in [-0.2, 0) is 6.54 Å². The molecule has 2 heterocycles. The van der Waals surface area contributed by atoms with Gasteiger partial charge in [-0.05, 0) is 30.2 Å². The highest BCUT2D eigenvalue weighted by Crippen LogP contribution is 2.22. The Hall–Kier alpha value is -3.13. The smallest absolute Gasteiger partial charge is 0.266 e. The summed E-state index contributed by atoms with van der Waals surface area (Å²) in [6.45, 7) is 2.49. The Morgan fingerprint density at radius 3 is 2.73 bits per heavy atom. The Morgan fingerprint density at radius 2 is 2.09 bits per heavy atom. The molecule has 5 nitrogen and oxygen atoms in total. The molecule has 3 aromatic rings. The summed E-state index contributed by atoms with van der Waals surface area (Å²) in [5.41, 5.74) is 3.15. The third-order valence-electron chi connectivity index (χ3n) is 3.45. The van der Waals surface area contributed by atoms with E-state index in [0.29, 0.717) is 12.1 Å². The van der Waals surface area contributed by atoms with Crippen molar-refractivity contribution in [1.82, 2.24) is 14.8 Å². The fraction of sp³-hybridized carbons (Fsp3) is 0.118. The molecular weight excluding hydrogens is 276 g/mol. The summed E-state index contributed by atoms with van der Waals surface area (Å²) in [7, 11) is 0. The van der Waals surface area contributed by atoms with E-state index in [2.05, 4.69) is 10.1 Å². The van der Waals surface area contributed by atoms with Crippen LogP contribution in [0.15, 0.2) is 53.6 Å². The Balaban J connectivity index is 1.97. The third-order valence-corrected chi connectivity index (χ3v) is 3.45. The topological polar surface area (TPSA) is 74.5 Å². The Labute approximate surface area is 127 Å². The van der Waals surface area contributed by atoms with Gasteiger partial charge in [-0.15, -0.1) is 0 Å². The largest absolute Gasteiger partial charge is 0.325 e. The first-order valence-electron chi connectivity index (χ1n) is 6.88. The minimum atomic E-state index is -0.349. The molecule has 0 aliphatic rings. The van der Waals surface area contributed by atoms with Gasteiger partial charge in [0.05, 0.1) is 6.54 Å². The second-order valence-corrected chi connectivity index (χ2v) is 5.08. The SMILES string of the molecule is Cc1cc(-c2ccc(Cn3cccn3)cc2)c(C#N)c(=O)[nH]1. The Morgan fingerprint density at radius 1 is 1.32 bits per heavy atom. The van der Waals surface area contributed by atoms with Crippen LogP contribution in [0.25, 0.3) is 11.1 Å². The zero-order valence-corrected chi connectivity index (χ0v) is 12.1. The first kappa shape index (κ1) is 13.8. The van der Waals surface area contributed by atoms with Crippen molar-refractivity contribution in [3.05, 3.63) is 76.0 Å². The second-order valence-electron chi connectivity index (χ2n) is 5.08. The first-order chi connectivity index (χ1) is 10.7. The lowest BCUT2D eigenvalue weighted by molar-refractivity contribution is 0.687. The molecule has 0 bridgehead atoms. The van der Waals surface area contributed by atoms with E-state index in [9.17, 15) is 10.1 Å². The van der Waals surface area contributed by atoms with Gasteiger partial charge in [-0.25, -0.2) is 0 Å². The maximum atomic E-state index is 11.9. The molecule has 2 aromatic heterocycles. The van der Waals surface area contributed by atoms with E-state index in [4.69, 9.17) is 0 Å². The van der Waals surface area contributed by atoms with Crippen LogP contribution in [0.2, 0.25) is 0 Å². The normalized spacial score (nSPS) is 10.4. The van der Waals surface area contributed by atoms with Crippen LogP contribution in [0.4, 0.5) is 0 Å². The lowest BCUT2D eigenvalue weighted by Crippen LogP contribution is -2.12. The fourth-order valence-corrected chi connectivity index (χ4v) is 2.40. The van der Waals surface area contributed by atoms with Gasteiger partial charge in [0.1, 0.15) is 11.6 Å². The highest BCUT2D eigenvalue weighted by atomic mass is 16.1. The van der Waals surface area contributed by atoms with Crippen LogP contribution in [-0.4, -0.2) is 14.8 Å². The molecule has 0 saturated carbocycles. The molecular formula is C17H14N4O. The molecule has 0 unspecified atom stereocenters. The van der Waals surface area contributed by atoms with Gasteiger partial charge in [0.25, 0.3) is 5.56 Å². The molecule has 5 heteroatoms. The molecule has 1 aromatic carbocycles. The average molecular weight is 290 g/mol. The van der Waals surface area contributed by atoms with Gasteiger partial charge in [0.15, 0.2) is 0 Å². The van der Waals surface area contributed by atoms with Gasteiger partial charge in [0.2, 0.25) is 0 Å². The van der Waals surface area contributed by atoms with E-state index in [0.717, 1.165) is 16.8 Å². The molecule has 0 radical (unpaired) electrons. The van der Waals surface area contributed by atoms with Gasteiger partial charge in [-0.3, -0.25) is 9.48 Å². The molecule has 3 rings (SSSR count). The first-order valence-corrected chi connectivity index (χ1v) is 6.88. The zero-order chi connectivity index (χ0) is 15.5. The summed E-state index contributed by atoms with van der Waals surface area (Å²) >= 11 is 0. The van der Waals surface area contributed by atoms with Gasteiger partial charge in [-0.2, -0.15) is 10.4 Å². The van der Waals surface area contributed by atoms with Crippen LogP contribution in [0, 0.1) is 18.3 Å².